The molecule has 0 radical (unpaired) electrons. The van der Waals surface area contributed by atoms with Crippen LogP contribution in [0.2, 0.25) is 0 Å². The second-order valence-electron chi connectivity index (χ2n) is 3.38. The van der Waals surface area contributed by atoms with Gasteiger partial charge >= 0.3 is 105 Å². The van der Waals surface area contributed by atoms with Gasteiger partial charge in [0.15, 0.2) is 0 Å². The standard InChI is InChI=1S/C13H9NO2Se/c1-16-13(15)11-6-9-4-2-3-5-10(9)7-12(11)17-8-14/h2-7H,1H3. The second kappa shape index (κ2) is 5.01. The van der Waals surface area contributed by atoms with E-state index in [0.29, 0.717) is 5.56 Å². The molecule has 3 nitrogen and oxygen atoms in total. The van der Waals surface area contributed by atoms with Gasteiger partial charge in [0.05, 0.1) is 0 Å². The van der Waals surface area contributed by atoms with E-state index in [9.17, 15) is 4.79 Å². The average Bonchev–Trinajstić information content (AvgIpc) is 2.37. The van der Waals surface area contributed by atoms with Crippen LogP contribution in [0.1, 0.15) is 10.4 Å². The van der Waals surface area contributed by atoms with Crippen LogP contribution in [-0.2, 0) is 4.74 Å². The Morgan fingerprint density at radius 1 is 1.29 bits per heavy atom. The average molecular weight is 290 g/mol. The number of hydrogen-bond donors (Lipinski definition) is 0. The summed E-state index contributed by atoms with van der Waals surface area (Å²) in [5.74, 6) is -0.386. The van der Waals surface area contributed by atoms with Gasteiger partial charge in [0.2, 0.25) is 0 Å². The van der Waals surface area contributed by atoms with Crippen LogP contribution < -0.4 is 4.46 Å². The number of esters is 1. The fraction of sp³-hybridized carbons (Fsp3) is 0.0769. The van der Waals surface area contributed by atoms with Crippen molar-refractivity contribution in [1.29, 1.82) is 5.26 Å². The molecule has 0 aliphatic carbocycles. The van der Waals surface area contributed by atoms with E-state index in [1.54, 1.807) is 6.07 Å². The van der Waals surface area contributed by atoms with Gasteiger partial charge in [-0.1, -0.05) is 0 Å². The molecule has 0 saturated heterocycles. The van der Waals surface area contributed by atoms with Gasteiger partial charge in [-0.3, -0.25) is 0 Å². The third kappa shape index (κ3) is 2.31. The monoisotopic (exact) mass is 291 g/mol. The van der Waals surface area contributed by atoms with Crippen molar-refractivity contribution in [2.24, 2.45) is 0 Å². The van der Waals surface area contributed by atoms with Crippen molar-refractivity contribution in [2.45, 2.75) is 0 Å². The summed E-state index contributed by atoms with van der Waals surface area (Å²) in [6.45, 7) is 0. The molecule has 0 aromatic heterocycles. The molecule has 0 bridgehead atoms. The molecule has 0 aliphatic rings. The first kappa shape index (κ1) is 11.7. The third-order valence-electron chi connectivity index (χ3n) is 2.41. The van der Waals surface area contributed by atoms with Crippen LogP contribution in [0.15, 0.2) is 36.4 Å². The quantitative estimate of drug-likeness (QED) is 0.621. The topological polar surface area (TPSA) is 50.1 Å². The zero-order valence-corrected chi connectivity index (χ0v) is 10.8. The molecule has 2 rings (SSSR count). The van der Waals surface area contributed by atoms with Gasteiger partial charge in [-0.05, 0) is 0 Å². The van der Waals surface area contributed by atoms with Crippen molar-refractivity contribution >= 4 is 36.2 Å². The number of fused-ring (bicyclic) bond motifs is 1. The van der Waals surface area contributed by atoms with Gasteiger partial charge in [-0.2, -0.15) is 0 Å². The normalized spacial score (nSPS) is 9.88. The molecule has 0 fully saturated rings. The molecule has 0 heterocycles. The molecule has 0 aliphatic heterocycles. The molecular weight excluding hydrogens is 281 g/mol. The fourth-order valence-electron chi connectivity index (χ4n) is 1.62. The minimum atomic E-state index is -0.386. The van der Waals surface area contributed by atoms with Crippen molar-refractivity contribution in [3.8, 4) is 4.97 Å². The summed E-state index contributed by atoms with van der Waals surface area (Å²) in [7, 11) is 1.35. The SMILES string of the molecule is COC(=O)c1cc2ccccc2cc1[Se]C#N. The summed E-state index contributed by atoms with van der Waals surface area (Å²) >= 11 is -0.368. The molecule has 2 aromatic rings. The molecule has 2 aromatic carbocycles. The van der Waals surface area contributed by atoms with Crippen LogP contribution in [0.5, 0.6) is 0 Å². The van der Waals surface area contributed by atoms with Crippen LogP contribution in [-0.4, -0.2) is 28.0 Å². The molecule has 0 amide bonds. The van der Waals surface area contributed by atoms with Crippen LogP contribution in [0.25, 0.3) is 10.8 Å². The van der Waals surface area contributed by atoms with Crippen molar-refractivity contribution < 1.29 is 9.53 Å². The Hall–Kier alpha value is -1.82. The van der Waals surface area contributed by atoms with E-state index in [0.717, 1.165) is 15.2 Å². The number of hydrogen-bond acceptors (Lipinski definition) is 3. The molecule has 0 saturated carbocycles. The molecule has 0 N–H and O–H groups in total. The van der Waals surface area contributed by atoms with Gasteiger partial charge in [0, 0.05) is 0 Å². The van der Waals surface area contributed by atoms with Crippen LogP contribution in [0.4, 0.5) is 0 Å². The first-order chi connectivity index (χ1) is 8.26. The van der Waals surface area contributed by atoms with Crippen LogP contribution >= 0.6 is 0 Å². The first-order valence-electron chi connectivity index (χ1n) is 4.93. The van der Waals surface area contributed by atoms with Gasteiger partial charge in [-0.15, -0.1) is 0 Å². The Morgan fingerprint density at radius 2 is 1.94 bits per heavy atom. The van der Waals surface area contributed by atoms with E-state index in [-0.39, 0.29) is 20.9 Å². The summed E-state index contributed by atoms with van der Waals surface area (Å²) in [5, 5.41) is 10.8. The number of nitriles is 1. The molecule has 4 heteroatoms. The number of methoxy groups -OCH3 is 1. The zero-order valence-electron chi connectivity index (χ0n) is 9.14. The minimum absolute atomic E-state index is 0.368. The zero-order chi connectivity index (χ0) is 12.3. The van der Waals surface area contributed by atoms with E-state index in [1.165, 1.54) is 7.11 Å². The molecule has 0 spiro atoms. The number of benzene rings is 2. The van der Waals surface area contributed by atoms with Gasteiger partial charge in [-0.25, -0.2) is 0 Å². The van der Waals surface area contributed by atoms with E-state index in [1.807, 2.05) is 30.3 Å². The number of ether oxygens (including phenoxy) is 1. The number of nitrogens with zero attached hydrogens (tertiary/aromatic N) is 1. The molecule has 0 atom stereocenters. The van der Waals surface area contributed by atoms with E-state index in [2.05, 4.69) is 4.97 Å². The molecule has 0 unspecified atom stereocenters. The Balaban J connectivity index is 2.66. The van der Waals surface area contributed by atoms with E-state index < -0.39 is 0 Å². The predicted molar refractivity (Wildman–Crippen MR) is 66.3 cm³/mol. The van der Waals surface area contributed by atoms with E-state index >= 15 is 0 Å². The summed E-state index contributed by atoms with van der Waals surface area (Å²) < 4.78 is 5.50. The summed E-state index contributed by atoms with van der Waals surface area (Å²) in [4.78, 5) is 13.8. The van der Waals surface area contributed by atoms with Crippen molar-refractivity contribution in [1.82, 2.24) is 0 Å². The van der Waals surface area contributed by atoms with Crippen molar-refractivity contribution in [3.63, 3.8) is 0 Å². The second-order valence-corrected chi connectivity index (χ2v) is 5.11. The maximum atomic E-state index is 11.6. The summed E-state index contributed by atoms with van der Waals surface area (Å²) in [6, 6.07) is 11.4. The number of carbonyl (C=O) groups is 1. The van der Waals surface area contributed by atoms with Gasteiger partial charge in [0.1, 0.15) is 0 Å². The Morgan fingerprint density at radius 3 is 2.53 bits per heavy atom. The molecular formula is C13H9NO2Se. The molecule has 84 valence electrons. The predicted octanol–water partition coefficient (Wildman–Crippen LogP) is 1.44. The Bertz CT molecular complexity index is 616. The number of rotatable bonds is 2. The van der Waals surface area contributed by atoms with Crippen molar-refractivity contribution in [3.05, 3.63) is 42.0 Å². The maximum absolute atomic E-state index is 11.6. The summed E-state index contributed by atoms with van der Waals surface area (Å²) in [5.41, 5.74) is 0.493. The third-order valence-corrected chi connectivity index (χ3v) is 3.77. The summed E-state index contributed by atoms with van der Waals surface area (Å²) in [6.07, 6.45) is 0. The Kier molecular flexibility index (Phi) is 3.43. The fourth-order valence-corrected chi connectivity index (χ4v) is 2.75. The van der Waals surface area contributed by atoms with Crippen LogP contribution in [0, 0.1) is 10.2 Å². The van der Waals surface area contributed by atoms with E-state index in [4.69, 9.17) is 10.00 Å². The molecule has 17 heavy (non-hydrogen) atoms. The van der Waals surface area contributed by atoms with Gasteiger partial charge < -0.3 is 0 Å². The van der Waals surface area contributed by atoms with Crippen LogP contribution in [0.3, 0.4) is 0 Å². The first-order valence-corrected chi connectivity index (χ1v) is 6.64. The Labute approximate surface area is 105 Å². The number of carbonyl (C=O) groups excluding carboxylic acids is 1. The van der Waals surface area contributed by atoms with Gasteiger partial charge in [0.25, 0.3) is 0 Å². The van der Waals surface area contributed by atoms with Crippen molar-refractivity contribution in [2.75, 3.05) is 7.11 Å².